The van der Waals surface area contributed by atoms with Crippen LogP contribution in [0.4, 0.5) is 4.79 Å². The van der Waals surface area contributed by atoms with Crippen LogP contribution in [0.2, 0.25) is 0 Å². The fourth-order valence-electron chi connectivity index (χ4n) is 4.66. The summed E-state index contributed by atoms with van der Waals surface area (Å²) in [7, 11) is 0. The summed E-state index contributed by atoms with van der Waals surface area (Å²) in [4.78, 5) is 17.9. The Balaban J connectivity index is 1.46. The first-order valence-electron chi connectivity index (χ1n) is 11.6. The number of nitrogens with zero attached hydrogens (tertiary/aromatic N) is 3. The minimum absolute atomic E-state index is 0.284. The van der Waals surface area contributed by atoms with Crippen molar-refractivity contribution >= 4 is 33.1 Å². The van der Waals surface area contributed by atoms with Crippen molar-refractivity contribution in [1.82, 2.24) is 14.5 Å². The van der Waals surface area contributed by atoms with Gasteiger partial charge in [0.05, 0.1) is 24.2 Å². The highest BCUT2D eigenvalue weighted by Gasteiger charge is 2.24. The van der Waals surface area contributed by atoms with Gasteiger partial charge in [0.15, 0.2) is 0 Å². The number of benzene rings is 2. The number of piperidine rings is 1. The first-order chi connectivity index (χ1) is 16.4. The van der Waals surface area contributed by atoms with Gasteiger partial charge in [-0.3, -0.25) is 4.90 Å². The van der Waals surface area contributed by atoms with Crippen LogP contribution in [0.5, 0.6) is 17.2 Å². The predicted molar refractivity (Wildman–Crippen MR) is 133 cm³/mol. The predicted octanol–water partition coefficient (Wildman–Crippen LogP) is 5.80. The average molecular weight is 532 g/mol. The number of fused-ring (bicyclic) bond motifs is 1. The summed E-state index contributed by atoms with van der Waals surface area (Å²) in [5, 5.41) is 8.86. The maximum absolute atomic E-state index is 10.8. The summed E-state index contributed by atoms with van der Waals surface area (Å²) >= 11 is 3.61. The van der Waals surface area contributed by atoms with Crippen molar-refractivity contribution in [3.8, 4) is 17.2 Å². The lowest BCUT2D eigenvalue weighted by molar-refractivity contribution is 0.144. The van der Waals surface area contributed by atoms with E-state index in [-0.39, 0.29) is 5.75 Å². The van der Waals surface area contributed by atoms with Gasteiger partial charge in [-0.1, -0.05) is 0 Å². The minimum Gasteiger partial charge on any atom is -0.493 e. The van der Waals surface area contributed by atoms with Crippen molar-refractivity contribution in [3.05, 3.63) is 46.2 Å². The van der Waals surface area contributed by atoms with Crippen LogP contribution in [0, 0.1) is 6.92 Å². The van der Waals surface area contributed by atoms with Crippen LogP contribution in [-0.4, -0.2) is 52.0 Å². The molecule has 1 aromatic heterocycles. The molecule has 2 heterocycles. The molecule has 1 aliphatic heterocycles. The lowest BCUT2D eigenvalue weighted by Crippen LogP contribution is -2.34. The van der Waals surface area contributed by atoms with Crippen LogP contribution in [0.15, 0.2) is 34.8 Å². The molecule has 0 amide bonds. The largest absolute Gasteiger partial charge is 0.511 e. The fourth-order valence-corrected chi connectivity index (χ4v) is 5.11. The molecule has 34 heavy (non-hydrogen) atoms. The van der Waals surface area contributed by atoms with Gasteiger partial charge in [-0.2, -0.15) is 0 Å². The number of halogens is 1. The lowest BCUT2D eigenvalue weighted by Gasteiger charge is -2.33. The van der Waals surface area contributed by atoms with Crippen molar-refractivity contribution in [2.75, 3.05) is 26.3 Å². The summed E-state index contributed by atoms with van der Waals surface area (Å²) in [5.74, 6) is 2.83. The summed E-state index contributed by atoms with van der Waals surface area (Å²) in [6.07, 6.45) is 0.690. The Labute approximate surface area is 207 Å². The second-order valence-corrected chi connectivity index (χ2v) is 9.12. The quantitative estimate of drug-likeness (QED) is 0.290. The summed E-state index contributed by atoms with van der Waals surface area (Å²) in [6.45, 7) is 9.92. The van der Waals surface area contributed by atoms with Crippen molar-refractivity contribution in [1.29, 1.82) is 0 Å². The van der Waals surface area contributed by atoms with E-state index >= 15 is 0 Å². The second-order valence-electron chi connectivity index (χ2n) is 8.33. The Hall–Kier alpha value is -2.78. The molecule has 0 radical (unpaired) electrons. The average Bonchev–Trinajstić information content (AvgIpc) is 3.12. The monoisotopic (exact) mass is 531 g/mol. The lowest BCUT2D eigenvalue weighted by atomic mass is 10.0. The number of imidazole rings is 1. The Morgan fingerprint density at radius 2 is 1.76 bits per heavy atom. The molecule has 3 aromatic rings. The molecule has 2 aromatic carbocycles. The molecule has 182 valence electrons. The number of carboxylic acid groups (broad SMARTS) is 1. The second kappa shape index (κ2) is 10.7. The van der Waals surface area contributed by atoms with Gasteiger partial charge in [0, 0.05) is 31.7 Å². The number of hydrogen-bond donors (Lipinski definition) is 1. The van der Waals surface area contributed by atoms with Crippen LogP contribution in [-0.2, 0) is 6.54 Å². The van der Waals surface area contributed by atoms with Crippen LogP contribution >= 0.6 is 15.9 Å². The van der Waals surface area contributed by atoms with E-state index in [0.717, 1.165) is 65.3 Å². The third-order valence-corrected chi connectivity index (χ3v) is 6.82. The Kier molecular flexibility index (Phi) is 7.63. The molecule has 1 aliphatic rings. The molecule has 0 atom stereocenters. The van der Waals surface area contributed by atoms with Gasteiger partial charge in [-0.25, -0.2) is 9.78 Å². The first-order valence-corrected chi connectivity index (χ1v) is 12.4. The van der Waals surface area contributed by atoms with Crippen LogP contribution < -0.4 is 14.2 Å². The van der Waals surface area contributed by atoms with Gasteiger partial charge in [0.1, 0.15) is 27.5 Å². The number of hydrogen-bond acceptors (Lipinski definition) is 6. The number of aryl methyl sites for hydroxylation is 1. The molecule has 1 fully saturated rings. The molecule has 1 saturated heterocycles. The van der Waals surface area contributed by atoms with E-state index in [2.05, 4.69) is 42.5 Å². The highest BCUT2D eigenvalue weighted by molar-refractivity contribution is 9.10. The fraction of sp³-hybridized carbons (Fsp3) is 0.440. The van der Waals surface area contributed by atoms with E-state index in [0.29, 0.717) is 19.3 Å². The molecule has 0 unspecified atom stereocenters. The molecule has 0 saturated carbocycles. The number of aromatic nitrogens is 2. The Bertz CT molecular complexity index is 1140. The van der Waals surface area contributed by atoms with Gasteiger partial charge >= 0.3 is 6.16 Å². The molecule has 9 heteroatoms. The zero-order valence-electron chi connectivity index (χ0n) is 19.7. The smallest absolute Gasteiger partial charge is 0.493 e. The van der Waals surface area contributed by atoms with Gasteiger partial charge in [0.25, 0.3) is 0 Å². The molecule has 8 nitrogen and oxygen atoms in total. The van der Waals surface area contributed by atoms with Crippen molar-refractivity contribution in [2.45, 2.75) is 46.2 Å². The van der Waals surface area contributed by atoms with Gasteiger partial charge < -0.3 is 23.9 Å². The third kappa shape index (κ3) is 5.31. The highest BCUT2D eigenvalue weighted by atomic mass is 79.9. The van der Waals surface area contributed by atoms with E-state index in [4.69, 9.17) is 19.3 Å². The Morgan fingerprint density at radius 3 is 2.35 bits per heavy atom. The molecule has 0 aliphatic carbocycles. The maximum Gasteiger partial charge on any atom is 0.511 e. The molecule has 0 bridgehead atoms. The molecule has 4 rings (SSSR count). The summed E-state index contributed by atoms with van der Waals surface area (Å²) < 4.78 is 19.5. The first kappa shape index (κ1) is 24.3. The standard InChI is InChI=1S/C25H30BrN3O5/c1-4-32-22-12-17(13-23(24(22)26)33-5-2)15-28-10-8-18(9-11-28)29-16(3)27-20-14-19(34-25(30)31)6-7-21(20)29/h6-7,12-14,18H,4-5,8-11,15H2,1-3H3,(H,30,31). The van der Waals surface area contributed by atoms with E-state index in [9.17, 15) is 4.79 Å². The van der Waals surface area contributed by atoms with Gasteiger partial charge in [-0.15, -0.1) is 0 Å². The normalized spacial score (nSPS) is 14.9. The molecule has 1 N–H and O–H groups in total. The molecular formula is C25H30BrN3O5. The minimum atomic E-state index is -1.32. The van der Waals surface area contributed by atoms with Gasteiger partial charge in [-0.05, 0) is 79.4 Å². The summed E-state index contributed by atoms with van der Waals surface area (Å²) in [6, 6.07) is 9.78. The van der Waals surface area contributed by atoms with E-state index in [1.54, 1.807) is 12.1 Å². The summed E-state index contributed by atoms with van der Waals surface area (Å²) in [5.41, 5.74) is 2.92. The van der Waals surface area contributed by atoms with Crippen LogP contribution in [0.3, 0.4) is 0 Å². The highest BCUT2D eigenvalue weighted by Crippen LogP contribution is 2.37. The van der Waals surface area contributed by atoms with E-state index in [1.165, 1.54) is 5.56 Å². The van der Waals surface area contributed by atoms with Crippen molar-refractivity contribution < 1.29 is 24.1 Å². The topological polar surface area (TPSA) is 86.0 Å². The zero-order chi connectivity index (χ0) is 24.2. The Morgan fingerprint density at radius 1 is 1.12 bits per heavy atom. The number of ether oxygens (including phenoxy) is 3. The van der Waals surface area contributed by atoms with E-state index in [1.807, 2.05) is 26.8 Å². The zero-order valence-corrected chi connectivity index (χ0v) is 21.3. The van der Waals surface area contributed by atoms with E-state index < -0.39 is 6.16 Å². The molecular weight excluding hydrogens is 502 g/mol. The third-order valence-electron chi connectivity index (χ3n) is 6.04. The van der Waals surface area contributed by atoms with Crippen molar-refractivity contribution in [3.63, 3.8) is 0 Å². The number of likely N-dealkylation sites (tertiary alicyclic amines) is 1. The maximum atomic E-state index is 10.8. The van der Waals surface area contributed by atoms with Crippen molar-refractivity contribution in [2.24, 2.45) is 0 Å². The van der Waals surface area contributed by atoms with Gasteiger partial charge in [0.2, 0.25) is 0 Å². The van der Waals surface area contributed by atoms with Crippen LogP contribution in [0.25, 0.3) is 11.0 Å². The SMILES string of the molecule is CCOc1cc(CN2CCC(n3c(C)nc4cc(OC(=O)O)ccc43)CC2)cc(OCC)c1Br. The number of rotatable bonds is 8. The van der Waals surface area contributed by atoms with Crippen LogP contribution in [0.1, 0.15) is 44.1 Å². The molecule has 0 spiro atoms. The number of carbonyl (C=O) groups is 1.